The van der Waals surface area contributed by atoms with E-state index in [1.54, 1.807) is 6.07 Å². The van der Waals surface area contributed by atoms with Gasteiger partial charge in [-0.1, -0.05) is 13.3 Å². The Morgan fingerprint density at radius 1 is 1.69 bits per heavy atom. The Kier molecular flexibility index (Phi) is 3.29. The number of carboxylic acids is 1. The first-order valence-corrected chi connectivity index (χ1v) is 5.72. The number of carboxylic acid groups (broad SMARTS) is 1. The molecule has 1 saturated heterocycles. The zero-order chi connectivity index (χ0) is 11.5. The molecule has 16 heavy (non-hydrogen) atoms. The van der Waals surface area contributed by atoms with E-state index in [-0.39, 0.29) is 5.56 Å². The number of hydrogen-bond donors (Lipinski definition) is 1. The van der Waals surface area contributed by atoms with Gasteiger partial charge in [-0.05, 0) is 24.9 Å². The Morgan fingerprint density at radius 3 is 3.06 bits per heavy atom. The van der Waals surface area contributed by atoms with Crippen molar-refractivity contribution in [3.63, 3.8) is 0 Å². The van der Waals surface area contributed by atoms with Crippen molar-refractivity contribution in [2.75, 3.05) is 13.1 Å². The van der Waals surface area contributed by atoms with E-state index < -0.39 is 5.97 Å². The van der Waals surface area contributed by atoms with Crippen molar-refractivity contribution in [1.29, 1.82) is 0 Å². The predicted octanol–water partition coefficient (Wildman–Crippen LogP) is 2.21. The summed E-state index contributed by atoms with van der Waals surface area (Å²) in [4.78, 5) is 13.0. The number of carbonyl (C=O) groups is 1. The number of likely N-dealkylation sites (tertiary alicyclic amines) is 1. The summed E-state index contributed by atoms with van der Waals surface area (Å²) in [5, 5.41) is 8.77. The number of rotatable bonds is 4. The Balaban J connectivity index is 1.92. The number of hydrogen-bond acceptors (Lipinski definition) is 3. The summed E-state index contributed by atoms with van der Waals surface area (Å²) in [7, 11) is 0. The number of furan rings is 1. The molecular formula is C12H17NO3. The smallest absolute Gasteiger partial charge is 0.338 e. The summed E-state index contributed by atoms with van der Waals surface area (Å²) in [6.45, 7) is 5.12. The molecule has 0 saturated carbocycles. The molecule has 1 N–H and O–H groups in total. The molecule has 0 aromatic carbocycles. The summed E-state index contributed by atoms with van der Waals surface area (Å²) >= 11 is 0. The zero-order valence-corrected chi connectivity index (χ0v) is 9.48. The molecule has 1 aliphatic heterocycles. The van der Waals surface area contributed by atoms with Crippen LogP contribution in [-0.2, 0) is 6.54 Å². The summed E-state index contributed by atoms with van der Waals surface area (Å²) in [5.74, 6) is 0.603. The first kappa shape index (κ1) is 11.2. The van der Waals surface area contributed by atoms with E-state index in [9.17, 15) is 4.79 Å². The van der Waals surface area contributed by atoms with Crippen LogP contribution in [0.2, 0.25) is 0 Å². The van der Waals surface area contributed by atoms with Crippen LogP contribution in [0, 0.1) is 5.92 Å². The molecular weight excluding hydrogens is 206 g/mol. The molecule has 2 heterocycles. The van der Waals surface area contributed by atoms with Crippen LogP contribution >= 0.6 is 0 Å². The van der Waals surface area contributed by atoms with Crippen molar-refractivity contribution in [3.05, 3.63) is 23.7 Å². The standard InChI is InChI=1S/C12H17NO3/c1-2-9-3-4-13(6-9)7-11-5-10(8-16-11)12(14)15/h5,8-9H,2-4,6-7H2,1H3,(H,14,15). The highest BCUT2D eigenvalue weighted by atomic mass is 16.4. The van der Waals surface area contributed by atoms with Crippen molar-refractivity contribution in [3.8, 4) is 0 Å². The van der Waals surface area contributed by atoms with Crippen molar-refractivity contribution in [1.82, 2.24) is 4.90 Å². The lowest BCUT2D eigenvalue weighted by Crippen LogP contribution is -2.19. The van der Waals surface area contributed by atoms with Crippen LogP contribution < -0.4 is 0 Å². The normalized spacial score (nSPS) is 21.4. The molecule has 1 aromatic rings. The fraction of sp³-hybridized carbons (Fsp3) is 0.583. The Hall–Kier alpha value is -1.29. The van der Waals surface area contributed by atoms with Crippen LogP contribution in [0.25, 0.3) is 0 Å². The van der Waals surface area contributed by atoms with E-state index in [1.165, 1.54) is 19.1 Å². The van der Waals surface area contributed by atoms with E-state index in [0.29, 0.717) is 0 Å². The van der Waals surface area contributed by atoms with Gasteiger partial charge in [-0.2, -0.15) is 0 Å². The van der Waals surface area contributed by atoms with Crippen molar-refractivity contribution in [2.24, 2.45) is 5.92 Å². The van der Waals surface area contributed by atoms with Crippen molar-refractivity contribution in [2.45, 2.75) is 26.3 Å². The molecule has 4 nitrogen and oxygen atoms in total. The lowest BCUT2D eigenvalue weighted by Gasteiger charge is -2.13. The molecule has 88 valence electrons. The second-order valence-electron chi connectivity index (χ2n) is 4.40. The Labute approximate surface area is 94.9 Å². The first-order chi connectivity index (χ1) is 7.69. The van der Waals surface area contributed by atoms with Gasteiger partial charge in [0.05, 0.1) is 12.1 Å². The average molecular weight is 223 g/mol. The summed E-state index contributed by atoms with van der Waals surface area (Å²) in [6, 6.07) is 1.61. The van der Waals surface area contributed by atoms with Crippen LogP contribution in [0.4, 0.5) is 0 Å². The fourth-order valence-corrected chi connectivity index (χ4v) is 2.19. The molecule has 1 aliphatic rings. The first-order valence-electron chi connectivity index (χ1n) is 5.72. The quantitative estimate of drug-likeness (QED) is 0.850. The van der Waals surface area contributed by atoms with Gasteiger partial charge in [-0.15, -0.1) is 0 Å². The van der Waals surface area contributed by atoms with Crippen LogP contribution in [0.3, 0.4) is 0 Å². The lowest BCUT2D eigenvalue weighted by atomic mass is 10.1. The molecule has 0 aliphatic carbocycles. The number of aromatic carboxylic acids is 1. The average Bonchev–Trinajstić information content (AvgIpc) is 2.87. The minimum absolute atomic E-state index is 0.237. The van der Waals surface area contributed by atoms with Gasteiger partial charge >= 0.3 is 5.97 Å². The molecule has 2 rings (SSSR count). The second kappa shape index (κ2) is 4.70. The maximum Gasteiger partial charge on any atom is 0.338 e. The summed E-state index contributed by atoms with van der Waals surface area (Å²) < 4.78 is 5.23. The van der Waals surface area contributed by atoms with Gasteiger partial charge in [0.1, 0.15) is 12.0 Å². The van der Waals surface area contributed by atoms with E-state index in [4.69, 9.17) is 9.52 Å². The molecule has 1 fully saturated rings. The molecule has 0 radical (unpaired) electrons. The molecule has 0 amide bonds. The highest BCUT2D eigenvalue weighted by Gasteiger charge is 2.22. The summed E-state index contributed by atoms with van der Waals surface area (Å²) in [5.41, 5.74) is 0.237. The highest BCUT2D eigenvalue weighted by Crippen LogP contribution is 2.21. The van der Waals surface area contributed by atoms with Gasteiger partial charge in [0.25, 0.3) is 0 Å². The number of nitrogens with zero attached hydrogens (tertiary/aromatic N) is 1. The molecule has 0 bridgehead atoms. The largest absolute Gasteiger partial charge is 0.478 e. The van der Waals surface area contributed by atoms with Gasteiger partial charge in [0.2, 0.25) is 0 Å². The third-order valence-electron chi connectivity index (χ3n) is 3.23. The topological polar surface area (TPSA) is 53.7 Å². The third-order valence-corrected chi connectivity index (χ3v) is 3.23. The molecule has 1 unspecified atom stereocenters. The van der Waals surface area contributed by atoms with Crippen LogP contribution in [0.15, 0.2) is 16.7 Å². The Bertz CT molecular complexity index is 372. The van der Waals surface area contributed by atoms with E-state index >= 15 is 0 Å². The van der Waals surface area contributed by atoms with Crippen LogP contribution in [-0.4, -0.2) is 29.1 Å². The van der Waals surface area contributed by atoms with E-state index in [1.807, 2.05) is 0 Å². The highest BCUT2D eigenvalue weighted by molar-refractivity contribution is 5.87. The summed E-state index contributed by atoms with van der Waals surface area (Å²) in [6.07, 6.45) is 3.77. The van der Waals surface area contributed by atoms with E-state index in [2.05, 4.69) is 11.8 Å². The molecule has 1 atom stereocenters. The zero-order valence-electron chi connectivity index (χ0n) is 9.48. The van der Waals surface area contributed by atoms with Gasteiger partial charge in [-0.3, -0.25) is 4.90 Å². The minimum atomic E-state index is -0.928. The van der Waals surface area contributed by atoms with Crippen LogP contribution in [0.5, 0.6) is 0 Å². The monoisotopic (exact) mass is 223 g/mol. The third kappa shape index (κ3) is 2.44. The predicted molar refractivity (Wildman–Crippen MR) is 59.3 cm³/mol. The van der Waals surface area contributed by atoms with E-state index in [0.717, 1.165) is 31.3 Å². The SMILES string of the molecule is CCC1CCN(Cc2cc(C(=O)O)co2)C1. The molecule has 4 heteroatoms. The lowest BCUT2D eigenvalue weighted by molar-refractivity contribution is 0.0696. The van der Waals surface area contributed by atoms with Crippen molar-refractivity contribution >= 4 is 5.97 Å². The van der Waals surface area contributed by atoms with Crippen molar-refractivity contribution < 1.29 is 14.3 Å². The van der Waals surface area contributed by atoms with Gasteiger partial charge < -0.3 is 9.52 Å². The molecule has 1 aromatic heterocycles. The minimum Gasteiger partial charge on any atom is -0.478 e. The second-order valence-corrected chi connectivity index (χ2v) is 4.40. The van der Waals surface area contributed by atoms with Gasteiger partial charge in [-0.25, -0.2) is 4.79 Å². The Morgan fingerprint density at radius 2 is 2.50 bits per heavy atom. The van der Waals surface area contributed by atoms with Gasteiger partial charge in [0.15, 0.2) is 0 Å². The van der Waals surface area contributed by atoms with Gasteiger partial charge in [0, 0.05) is 6.54 Å². The maximum absolute atomic E-state index is 10.7. The maximum atomic E-state index is 10.7. The van der Waals surface area contributed by atoms with Crippen LogP contribution in [0.1, 0.15) is 35.9 Å². The molecule has 0 spiro atoms. The fourth-order valence-electron chi connectivity index (χ4n) is 2.19.